The second-order valence-electron chi connectivity index (χ2n) is 4.04. The van der Waals surface area contributed by atoms with E-state index in [1.54, 1.807) is 13.2 Å². The minimum Gasteiger partial charge on any atom is -0.497 e. The van der Waals surface area contributed by atoms with Crippen LogP contribution in [0.15, 0.2) is 36.5 Å². The second kappa shape index (κ2) is 5.39. The molecular formula is C14H14N2O3. The quantitative estimate of drug-likeness (QED) is 0.882. The van der Waals surface area contributed by atoms with Gasteiger partial charge in [0.15, 0.2) is 0 Å². The Kier molecular flexibility index (Phi) is 3.66. The summed E-state index contributed by atoms with van der Waals surface area (Å²) in [6.45, 7) is 1.95. The number of methoxy groups -OCH3 is 1. The summed E-state index contributed by atoms with van der Waals surface area (Å²) in [5.74, 6) is -0.265. The standard InChI is InChI=1S/C14H14N2O3/c1-9-7-11(19-2)3-4-12(9)16-10-5-6-15-13(8-10)14(17)18/h3-8H,1-2H3,(H,15,16)(H,17,18). The molecule has 0 aliphatic rings. The number of ether oxygens (including phenoxy) is 1. The SMILES string of the molecule is COc1ccc(Nc2ccnc(C(=O)O)c2)c(C)c1. The lowest BCUT2D eigenvalue weighted by molar-refractivity contribution is 0.0690. The van der Waals surface area contributed by atoms with Crippen molar-refractivity contribution in [3.63, 3.8) is 0 Å². The average molecular weight is 258 g/mol. The minimum atomic E-state index is -1.05. The first kappa shape index (κ1) is 12.9. The van der Waals surface area contributed by atoms with Crippen LogP contribution in [0.3, 0.4) is 0 Å². The molecule has 5 heteroatoms. The molecule has 0 radical (unpaired) electrons. The number of carboxylic acids is 1. The Hall–Kier alpha value is -2.56. The van der Waals surface area contributed by atoms with Crippen molar-refractivity contribution < 1.29 is 14.6 Å². The van der Waals surface area contributed by atoms with Crippen molar-refractivity contribution >= 4 is 17.3 Å². The van der Waals surface area contributed by atoms with Crippen molar-refractivity contribution in [3.05, 3.63) is 47.8 Å². The van der Waals surface area contributed by atoms with E-state index in [4.69, 9.17) is 9.84 Å². The fourth-order valence-electron chi connectivity index (χ4n) is 1.68. The number of anilines is 2. The lowest BCUT2D eigenvalue weighted by atomic mass is 10.2. The fraction of sp³-hybridized carbons (Fsp3) is 0.143. The second-order valence-corrected chi connectivity index (χ2v) is 4.04. The summed E-state index contributed by atoms with van der Waals surface area (Å²) in [5, 5.41) is 12.1. The molecule has 0 unspecified atom stereocenters. The molecule has 0 atom stereocenters. The zero-order chi connectivity index (χ0) is 13.8. The molecular weight excluding hydrogens is 244 g/mol. The molecule has 0 saturated carbocycles. The van der Waals surface area contributed by atoms with Crippen LogP contribution < -0.4 is 10.1 Å². The molecule has 1 heterocycles. The molecule has 2 aromatic rings. The van der Waals surface area contributed by atoms with Gasteiger partial charge in [0.05, 0.1) is 7.11 Å². The Morgan fingerprint density at radius 1 is 1.32 bits per heavy atom. The number of aromatic carboxylic acids is 1. The monoisotopic (exact) mass is 258 g/mol. The summed E-state index contributed by atoms with van der Waals surface area (Å²) in [5.41, 5.74) is 2.59. The van der Waals surface area contributed by atoms with Gasteiger partial charge in [-0.05, 0) is 42.8 Å². The highest BCUT2D eigenvalue weighted by Gasteiger charge is 2.06. The van der Waals surface area contributed by atoms with E-state index in [2.05, 4.69) is 10.3 Å². The third-order valence-electron chi connectivity index (χ3n) is 2.69. The van der Waals surface area contributed by atoms with Crippen LogP contribution in [-0.4, -0.2) is 23.2 Å². The van der Waals surface area contributed by atoms with Crippen LogP contribution in [0.2, 0.25) is 0 Å². The zero-order valence-corrected chi connectivity index (χ0v) is 10.7. The van der Waals surface area contributed by atoms with E-state index in [9.17, 15) is 4.79 Å². The molecule has 0 spiro atoms. The van der Waals surface area contributed by atoms with E-state index in [0.29, 0.717) is 5.69 Å². The van der Waals surface area contributed by atoms with Crippen molar-refractivity contribution in [1.29, 1.82) is 0 Å². The lowest BCUT2D eigenvalue weighted by Crippen LogP contribution is -2.01. The maximum atomic E-state index is 10.8. The topological polar surface area (TPSA) is 71.5 Å². The van der Waals surface area contributed by atoms with Gasteiger partial charge in [-0.1, -0.05) is 0 Å². The molecule has 0 aliphatic heterocycles. The summed E-state index contributed by atoms with van der Waals surface area (Å²) in [6.07, 6.45) is 1.46. The molecule has 19 heavy (non-hydrogen) atoms. The molecule has 1 aromatic heterocycles. The molecule has 0 saturated heterocycles. The summed E-state index contributed by atoms with van der Waals surface area (Å²) in [7, 11) is 1.61. The number of nitrogens with one attached hydrogen (secondary N) is 1. The van der Waals surface area contributed by atoms with Gasteiger partial charge in [-0.2, -0.15) is 0 Å². The normalized spacial score (nSPS) is 10.0. The predicted octanol–water partition coefficient (Wildman–Crippen LogP) is 2.84. The van der Waals surface area contributed by atoms with E-state index < -0.39 is 5.97 Å². The molecule has 1 aromatic carbocycles. The van der Waals surface area contributed by atoms with E-state index in [-0.39, 0.29) is 5.69 Å². The van der Waals surface area contributed by atoms with Gasteiger partial charge in [0, 0.05) is 17.6 Å². The molecule has 0 bridgehead atoms. The van der Waals surface area contributed by atoms with Gasteiger partial charge in [-0.25, -0.2) is 9.78 Å². The average Bonchev–Trinajstić information content (AvgIpc) is 2.41. The van der Waals surface area contributed by atoms with Crippen molar-refractivity contribution in [3.8, 4) is 5.75 Å². The van der Waals surface area contributed by atoms with Crippen LogP contribution in [0.1, 0.15) is 16.1 Å². The molecule has 98 valence electrons. The van der Waals surface area contributed by atoms with Gasteiger partial charge in [0.1, 0.15) is 11.4 Å². The first-order valence-corrected chi connectivity index (χ1v) is 5.71. The van der Waals surface area contributed by atoms with Crippen LogP contribution in [-0.2, 0) is 0 Å². The predicted molar refractivity (Wildman–Crippen MR) is 72.2 cm³/mol. The van der Waals surface area contributed by atoms with Gasteiger partial charge in [-0.3, -0.25) is 0 Å². The number of nitrogens with zero attached hydrogens (tertiary/aromatic N) is 1. The van der Waals surface area contributed by atoms with Gasteiger partial charge in [-0.15, -0.1) is 0 Å². The summed E-state index contributed by atoms with van der Waals surface area (Å²) < 4.78 is 5.14. The highest BCUT2D eigenvalue weighted by molar-refractivity contribution is 5.86. The molecule has 5 nitrogen and oxygen atoms in total. The molecule has 0 fully saturated rings. The van der Waals surface area contributed by atoms with Crippen molar-refractivity contribution in [1.82, 2.24) is 4.98 Å². The van der Waals surface area contributed by atoms with Crippen molar-refractivity contribution in [2.24, 2.45) is 0 Å². The number of aryl methyl sites for hydroxylation is 1. The highest BCUT2D eigenvalue weighted by atomic mass is 16.5. The largest absolute Gasteiger partial charge is 0.497 e. The number of carbonyl (C=O) groups is 1. The van der Waals surface area contributed by atoms with Gasteiger partial charge >= 0.3 is 5.97 Å². The van der Waals surface area contributed by atoms with E-state index >= 15 is 0 Å². The minimum absolute atomic E-state index is 0.0103. The van der Waals surface area contributed by atoms with Crippen LogP contribution in [0.4, 0.5) is 11.4 Å². The van der Waals surface area contributed by atoms with Gasteiger partial charge < -0.3 is 15.2 Å². The number of carboxylic acid groups (broad SMARTS) is 1. The smallest absolute Gasteiger partial charge is 0.354 e. The summed E-state index contributed by atoms with van der Waals surface area (Å²) >= 11 is 0. The van der Waals surface area contributed by atoms with E-state index in [1.165, 1.54) is 12.3 Å². The fourth-order valence-corrected chi connectivity index (χ4v) is 1.68. The molecule has 0 aliphatic carbocycles. The maximum absolute atomic E-state index is 10.8. The van der Waals surface area contributed by atoms with Crippen LogP contribution >= 0.6 is 0 Å². The number of aromatic nitrogens is 1. The maximum Gasteiger partial charge on any atom is 0.354 e. The van der Waals surface area contributed by atoms with Crippen LogP contribution in [0.25, 0.3) is 0 Å². The van der Waals surface area contributed by atoms with Gasteiger partial charge in [0.2, 0.25) is 0 Å². The molecule has 2 rings (SSSR count). The summed E-state index contributed by atoms with van der Waals surface area (Å²) in [4.78, 5) is 14.6. The third kappa shape index (κ3) is 3.01. The molecule has 0 amide bonds. The Bertz CT molecular complexity index is 611. The number of benzene rings is 1. The van der Waals surface area contributed by atoms with Crippen LogP contribution in [0, 0.1) is 6.92 Å². The van der Waals surface area contributed by atoms with Crippen LogP contribution in [0.5, 0.6) is 5.75 Å². The first-order valence-electron chi connectivity index (χ1n) is 5.71. The Morgan fingerprint density at radius 3 is 2.74 bits per heavy atom. The van der Waals surface area contributed by atoms with Crippen molar-refractivity contribution in [2.45, 2.75) is 6.92 Å². The number of rotatable bonds is 4. The molecule has 2 N–H and O–H groups in total. The Balaban J connectivity index is 2.26. The Labute approximate surface area is 110 Å². The third-order valence-corrected chi connectivity index (χ3v) is 2.69. The highest BCUT2D eigenvalue weighted by Crippen LogP contribution is 2.24. The zero-order valence-electron chi connectivity index (χ0n) is 10.7. The number of hydrogen-bond donors (Lipinski definition) is 2. The van der Waals surface area contributed by atoms with E-state index in [0.717, 1.165) is 17.0 Å². The number of pyridine rings is 1. The number of hydrogen-bond acceptors (Lipinski definition) is 4. The lowest BCUT2D eigenvalue weighted by Gasteiger charge is -2.11. The van der Waals surface area contributed by atoms with E-state index in [1.807, 2.05) is 25.1 Å². The summed E-state index contributed by atoms with van der Waals surface area (Å²) in [6, 6.07) is 8.84. The van der Waals surface area contributed by atoms with Crippen molar-refractivity contribution in [2.75, 3.05) is 12.4 Å². The first-order chi connectivity index (χ1) is 9.10. The van der Waals surface area contributed by atoms with Gasteiger partial charge in [0.25, 0.3) is 0 Å². The Morgan fingerprint density at radius 2 is 2.11 bits per heavy atom.